The summed E-state index contributed by atoms with van der Waals surface area (Å²) in [5.41, 5.74) is 1.21. The molecule has 0 saturated heterocycles. The molecule has 0 radical (unpaired) electrons. The number of aromatic nitrogens is 2. The van der Waals surface area contributed by atoms with Gasteiger partial charge in [-0.15, -0.1) is 0 Å². The second kappa shape index (κ2) is 10.0. The summed E-state index contributed by atoms with van der Waals surface area (Å²) in [6.07, 6.45) is 0.418. The van der Waals surface area contributed by atoms with E-state index in [9.17, 15) is 14.4 Å². The van der Waals surface area contributed by atoms with Crippen molar-refractivity contribution in [1.82, 2.24) is 15.1 Å². The van der Waals surface area contributed by atoms with E-state index in [4.69, 9.17) is 4.74 Å². The Labute approximate surface area is 181 Å². The van der Waals surface area contributed by atoms with Crippen molar-refractivity contribution < 1.29 is 14.3 Å². The Hall–Kier alpha value is -3.48. The van der Waals surface area contributed by atoms with Crippen LogP contribution in [0.25, 0.3) is 10.8 Å². The van der Waals surface area contributed by atoms with E-state index < -0.39 is 12.0 Å². The lowest BCUT2D eigenvalue weighted by Crippen LogP contribution is -2.43. The van der Waals surface area contributed by atoms with Gasteiger partial charge in [0.25, 0.3) is 5.56 Å². The van der Waals surface area contributed by atoms with Crippen molar-refractivity contribution in [2.24, 2.45) is 5.92 Å². The van der Waals surface area contributed by atoms with Gasteiger partial charge in [0, 0.05) is 5.39 Å². The fraction of sp³-hybridized carbons (Fsp3) is 0.333. The highest BCUT2D eigenvalue weighted by Crippen LogP contribution is 2.15. The van der Waals surface area contributed by atoms with Crippen molar-refractivity contribution in [3.8, 4) is 0 Å². The Morgan fingerprint density at radius 3 is 2.32 bits per heavy atom. The van der Waals surface area contributed by atoms with Crippen molar-refractivity contribution in [3.63, 3.8) is 0 Å². The lowest BCUT2D eigenvalue weighted by Gasteiger charge is -2.18. The molecule has 2 aromatic carbocycles. The molecule has 0 aliphatic rings. The maximum atomic E-state index is 12.9. The van der Waals surface area contributed by atoms with Gasteiger partial charge in [-0.25, -0.2) is 9.48 Å². The number of amides is 1. The Kier molecular flexibility index (Phi) is 7.18. The first kappa shape index (κ1) is 22.2. The van der Waals surface area contributed by atoms with Gasteiger partial charge >= 0.3 is 5.97 Å². The number of hydrogen-bond donors (Lipinski definition) is 1. The molecule has 0 spiro atoms. The quantitative estimate of drug-likeness (QED) is 0.565. The number of fused-ring (bicyclic) bond motifs is 1. The number of nitrogens with zero attached hydrogens (tertiary/aromatic N) is 2. The average molecular weight is 421 g/mol. The maximum absolute atomic E-state index is 12.9. The minimum atomic E-state index is -0.723. The number of rotatable bonds is 8. The topological polar surface area (TPSA) is 90.3 Å². The van der Waals surface area contributed by atoms with Crippen LogP contribution in [-0.4, -0.2) is 34.8 Å². The van der Waals surface area contributed by atoms with Gasteiger partial charge in [0.05, 0.1) is 31.2 Å². The van der Waals surface area contributed by atoms with Crippen LogP contribution in [0.4, 0.5) is 0 Å². The standard InChI is InChI=1S/C24H27N3O4/c1-16(2)13-21(24(30)31-3)25-22(28)14-20-18-11-7-8-12-19(18)23(29)27(26-20)15-17-9-5-4-6-10-17/h4-12,16,21H,13-15H2,1-3H3,(H,25,28)/t21-/m1/s1. The third kappa shape index (κ3) is 5.57. The zero-order valence-electron chi connectivity index (χ0n) is 18.0. The summed E-state index contributed by atoms with van der Waals surface area (Å²) >= 11 is 0. The van der Waals surface area contributed by atoms with E-state index in [2.05, 4.69) is 10.4 Å². The number of esters is 1. The maximum Gasteiger partial charge on any atom is 0.328 e. The first-order valence-electron chi connectivity index (χ1n) is 10.3. The molecule has 0 bridgehead atoms. The van der Waals surface area contributed by atoms with E-state index in [1.54, 1.807) is 18.2 Å². The van der Waals surface area contributed by atoms with Gasteiger partial charge in [-0.3, -0.25) is 9.59 Å². The highest BCUT2D eigenvalue weighted by molar-refractivity contribution is 5.90. The Balaban J connectivity index is 1.91. The summed E-state index contributed by atoms with van der Waals surface area (Å²) in [5.74, 6) is -0.622. The van der Waals surface area contributed by atoms with E-state index in [1.807, 2.05) is 50.2 Å². The van der Waals surface area contributed by atoms with Crippen molar-refractivity contribution >= 4 is 22.6 Å². The number of carbonyl (C=O) groups excluding carboxylic acids is 2. The molecule has 7 nitrogen and oxygen atoms in total. The van der Waals surface area contributed by atoms with Gasteiger partial charge in [-0.05, 0) is 24.0 Å². The smallest absolute Gasteiger partial charge is 0.328 e. The summed E-state index contributed by atoms with van der Waals surface area (Å²) < 4.78 is 6.20. The van der Waals surface area contributed by atoms with Crippen molar-refractivity contribution in [1.29, 1.82) is 0 Å². The van der Waals surface area contributed by atoms with Crippen LogP contribution in [0.15, 0.2) is 59.4 Å². The lowest BCUT2D eigenvalue weighted by atomic mass is 10.0. The van der Waals surface area contributed by atoms with Gasteiger partial charge in [-0.1, -0.05) is 62.4 Å². The number of benzene rings is 2. The SMILES string of the molecule is COC(=O)[C@@H](CC(C)C)NC(=O)Cc1nn(Cc2ccccc2)c(=O)c2ccccc12. The molecule has 1 atom stereocenters. The van der Waals surface area contributed by atoms with Gasteiger partial charge in [0.1, 0.15) is 6.04 Å². The van der Waals surface area contributed by atoms with Crippen LogP contribution in [-0.2, 0) is 27.3 Å². The van der Waals surface area contributed by atoms with Gasteiger partial charge in [-0.2, -0.15) is 5.10 Å². The van der Waals surface area contributed by atoms with Crippen LogP contribution in [0.3, 0.4) is 0 Å². The van der Waals surface area contributed by atoms with Crippen molar-refractivity contribution in [2.45, 2.75) is 39.3 Å². The number of ether oxygens (including phenoxy) is 1. The fourth-order valence-electron chi connectivity index (χ4n) is 3.52. The monoisotopic (exact) mass is 421 g/mol. The Morgan fingerprint density at radius 2 is 1.68 bits per heavy atom. The van der Waals surface area contributed by atoms with Crippen LogP contribution in [0.1, 0.15) is 31.5 Å². The molecule has 0 aliphatic carbocycles. The molecule has 0 fully saturated rings. The lowest BCUT2D eigenvalue weighted by molar-refractivity contribution is -0.145. The normalized spacial score (nSPS) is 12.0. The molecule has 3 aromatic rings. The van der Waals surface area contributed by atoms with E-state index >= 15 is 0 Å². The molecule has 1 heterocycles. The summed E-state index contributed by atoms with van der Waals surface area (Å²) in [6, 6.07) is 15.9. The van der Waals surface area contributed by atoms with E-state index in [0.29, 0.717) is 29.4 Å². The van der Waals surface area contributed by atoms with Crippen LogP contribution in [0.2, 0.25) is 0 Å². The molecule has 3 rings (SSSR count). The number of methoxy groups -OCH3 is 1. The molecule has 0 aliphatic heterocycles. The third-order valence-corrected chi connectivity index (χ3v) is 4.98. The van der Waals surface area contributed by atoms with Crippen LogP contribution < -0.4 is 10.9 Å². The van der Waals surface area contributed by atoms with E-state index in [1.165, 1.54) is 11.8 Å². The van der Waals surface area contributed by atoms with Crippen LogP contribution in [0, 0.1) is 5.92 Å². The summed E-state index contributed by atoms with van der Waals surface area (Å²) in [7, 11) is 1.30. The summed E-state index contributed by atoms with van der Waals surface area (Å²) in [4.78, 5) is 37.8. The molecule has 7 heteroatoms. The molecule has 0 unspecified atom stereocenters. The number of carbonyl (C=O) groups is 2. The molecule has 162 valence electrons. The first-order chi connectivity index (χ1) is 14.9. The number of nitrogens with one attached hydrogen (secondary N) is 1. The number of hydrogen-bond acceptors (Lipinski definition) is 5. The van der Waals surface area contributed by atoms with Crippen LogP contribution >= 0.6 is 0 Å². The van der Waals surface area contributed by atoms with Crippen LogP contribution in [0.5, 0.6) is 0 Å². The average Bonchev–Trinajstić information content (AvgIpc) is 2.76. The third-order valence-electron chi connectivity index (χ3n) is 4.98. The van der Waals surface area contributed by atoms with Gasteiger partial charge in [0.2, 0.25) is 5.91 Å². The molecule has 1 aromatic heterocycles. The van der Waals surface area contributed by atoms with Crippen molar-refractivity contribution in [3.05, 3.63) is 76.2 Å². The second-order valence-corrected chi connectivity index (χ2v) is 7.89. The minimum absolute atomic E-state index is 0.0544. The Morgan fingerprint density at radius 1 is 1.03 bits per heavy atom. The predicted molar refractivity (Wildman–Crippen MR) is 119 cm³/mol. The summed E-state index contributed by atoms with van der Waals surface area (Å²) in [6.45, 7) is 4.24. The van der Waals surface area contributed by atoms with Crippen molar-refractivity contribution in [2.75, 3.05) is 7.11 Å². The van der Waals surface area contributed by atoms with Gasteiger partial charge in [0.15, 0.2) is 0 Å². The molecule has 0 saturated carbocycles. The molecular formula is C24H27N3O4. The highest BCUT2D eigenvalue weighted by atomic mass is 16.5. The zero-order chi connectivity index (χ0) is 22.4. The second-order valence-electron chi connectivity index (χ2n) is 7.89. The van der Waals surface area contributed by atoms with Gasteiger partial charge < -0.3 is 10.1 Å². The van der Waals surface area contributed by atoms with E-state index in [-0.39, 0.29) is 23.8 Å². The molecule has 1 N–H and O–H groups in total. The minimum Gasteiger partial charge on any atom is -0.467 e. The molecule has 1 amide bonds. The largest absolute Gasteiger partial charge is 0.467 e. The fourth-order valence-corrected chi connectivity index (χ4v) is 3.52. The highest BCUT2D eigenvalue weighted by Gasteiger charge is 2.23. The summed E-state index contributed by atoms with van der Waals surface area (Å²) in [5, 5.41) is 8.38. The zero-order valence-corrected chi connectivity index (χ0v) is 18.0. The molecular weight excluding hydrogens is 394 g/mol. The van der Waals surface area contributed by atoms with E-state index in [0.717, 1.165) is 5.56 Å². The first-order valence-corrected chi connectivity index (χ1v) is 10.3. The Bertz CT molecular complexity index is 1120. The molecule has 31 heavy (non-hydrogen) atoms. The predicted octanol–water partition coefficient (Wildman–Crippen LogP) is 2.69.